The molecule has 2 aromatic rings. The second kappa shape index (κ2) is 10.7. The molecule has 0 radical (unpaired) electrons. The van der Waals surface area contributed by atoms with Crippen LogP contribution in [0.2, 0.25) is 0 Å². The van der Waals surface area contributed by atoms with Crippen LogP contribution in [0.4, 0.5) is 5.88 Å². The van der Waals surface area contributed by atoms with Crippen molar-refractivity contribution in [3.8, 4) is 0 Å². The highest BCUT2D eigenvalue weighted by molar-refractivity contribution is 7.99. The maximum Gasteiger partial charge on any atom is 0.197 e. The topological polar surface area (TPSA) is 56.8 Å². The highest BCUT2D eigenvalue weighted by Crippen LogP contribution is 2.31. The van der Waals surface area contributed by atoms with Crippen LogP contribution in [0, 0.1) is 11.4 Å². The fourth-order valence-corrected chi connectivity index (χ4v) is 4.80. The number of thioether (sulfide) groups is 2. The van der Waals surface area contributed by atoms with Crippen LogP contribution in [-0.4, -0.2) is 59.5 Å². The van der Waals surface area contributed by atoms with Crippen molar-refractivity contribution in [1.29, 1.82) is 0 Å². The van der Waals surface area contributed by atoms with E-state index in [2.05, 4.69) is 10.3 Å². The van der Waals surface area contributed by atoms with Gasteiger partial charge in [-0.25, -0.2) is 0 Å². The van der Waals surface area contributed by atoms with Crippen molar-refractivity contribution in [2.24, 2.45) is 0 Å². The number of fused-ring (bicyclic) bond motifs is 1. The summed E-state index contributed by atoms with van der Waals surface area (Å²) in [5.41, 5.74) is 2.01. The van der Waals surface area contributed by atoms with E-state index in [0.717, 1.165) is 62.3 Å². The van der Waals surface area contributed by atoms with Crippen molar-refractivity contribution in [3.05, 3.63) is 21.5 Å². The fourth-order valence-electron chi connectivity index (χ4n) is 2.21. The molecule has 0 bridgehead atoms. The molecule has 0 atom stereocenters. The minimum absolute atomic E-state index is 0.206. The maximum atomic E-state index is 8.92. The van der Waals surface area contributed by atoms with Gasteiger partial charge in [0.05, 0.1) is 22.4 Å². The van der Waals surface area contributed by atoms with Gasteiger partial charge in [0, 0.05) is 47.7 Å². The van der Waals surface area contributed by atoms with Gasteiger partial charge >= 0.3 is 0 Å². The summed E-state index contributed by atoms with van der Waals surface area (Å²) in [5, 5.41) is 19.9. The third-order valence-corrected chi connectivity index (χ3v) is 6.85. The summed E-state index contributed by atoms with van der Waals surface area (Å²) < 4.78 is 8.01. The van der Waals surface area contributed by atoms with E-state index in [0.29, 0.717) is 0 Å². The van der Waals surface area contributed by atoms with Crippen LogP contribution in [0.15, 0.2) is 15.9 Å². The van der Waals surface area contributed by atoms with Crippen LogP contribution < -0.4 is 4.90 Å². The van der Waals surface area contributed by atoms with Crippen LogP contribution >= 0.6 is 47.1 Å². The van der Waals surface area contributed by atoms with E-state index in [-0.39, 0.29) is 13.2 Å². The fraction of sp³-hybridized carbons (Fsp3) is 0.562. The lowest BCUT2D eigenvalue weighted by molar-refractivity contribution is 0.322. The lowest BCUT2D eigenvalue weighted by atomic mass is 10.3. The molecule has 0 aromatic carbocycles. The predicted octanol–water partition coefficient (Wildman–Crippen LogP) is 3.79. The molecule has 0 saturated carbocycles. The molecule has 8 heteroatoms. The molecular formula is C16H23NO3S4. The molecule has 2 rings (SSSR count). The third-order valence-electron chi connectivity index (χ3n) is 3.40. The number of thiophene rings is 1. The predicted molar refractivity (Wildman–Crippen MR) is 111 cm³/mol. The molecule has 0 aliphatic heterocycles. The van der Waals surface area contributed by atoms with Gasteiger partial charge in [-0.15, -0.1) is 11.3 Å². The Hall–Kier alpha value is -0.250. The van der Waals surface area contributed by atoms with E-state index >= 15 is 0 Å². The summed E-state index contributed by atoms with van der Waals surface area (Å²) in [6, 6.07) is 1.95. The maximum absolute atomic E-state index is 8.92. The van der Waals surface area contributed by atoms with Crippen molar-refractivity contribution >= 4 is 63.2 Å². The van der Waals surface area contributed by atoms with E-state index in [1.165, 1.54) is 0 Å². The molecule has 0 aliphatic rings. The number of aliphatic hydroxyl groups is 2. The summed E-state index contributed by atoms with van der Waals surface area (Å²) in [4.78, 5) is 2.21. The first-order valence-corrected chi connectivity index (χ1v) is 11.4. The van der Waals surface area contributed by atoms with Gasteiger partial charge in [0.2, 0.25) is 0 Å². The number of aliphatic hydroxyl groups excluding tert-OH is 2. The first-order valence-electron chi connectivity index (χ1n) is 7.81. The summed E-state index contributed by atoms with van der Waals surface area (Å²) in [6.07, 6.45) is 0. The van der Waals surface area contributed by atoms with Gasteiger partial charge in [-0.3, -0.25) is 0 Å². The molecule has 0 spiro atoms. The van der Waals surface area contributed by atoms with E-state index in [9.17, 15) is 0 Å². The number of hydrogen-bond donors (Lipinski definition) is 2. The average Bonchev–Trinajstić information content (AvgIpc) is 2.95. The normalized spacial score (nSPS) is 11.3. The summed E-state index contributed by atoms with van der Waals surface area (Å²) in [7, 11) is 0. The monoisotopic (exact) mass is 405 g/mol. The molecular weight excluding hydrogens is 382 g/mol. The Labute approximate surface area is 160 Å². The minimum Gasteiger partial charge on any atom is -0.439 e. The number of rotatable bonds is 11. The van der Waals surface area contributed by atoms with Gasteiger partial charge in [-0.05, 0) is 12.3 Å². The van der Waals surface area contributed by atoms with Gasteiger partial charge in [0.15, 0.2) is 11.5 Å². The lowest BCUT2D eigenvalue weighted by Gasteiger charge is -2.23. The summed E-state index contributed by atoms with van der Waals surface area (Å²) >= 11 is 10.6. The minimum atomic E-state index is 0.206. The first-order chi connectivity index (χ1) is 11.7. The average molecular weight is 406 g/mol. The molecule has 0 saturated heterocycles. The number of aryl methyl sites for hydroxylation is 1. The molecule has 4 nitrogen and oxygen atoms in total. The zero-order valence-corrected chi connectivity index (χ0v) is 17.0. The lowest BCUT2D eigenvalue weighted by Crippen LogP contribution is -2.28. The molecule has 0 fully saturated rings. The molecule has 0 unspecified atom stereocenters. The van der Waals surface area contributed by atoms with Gasteiger partial charge < -0.3 is 19.5 Å². The number of anilines is 1. The molecule has 2 aromatic heterocycles. The molecule has 134 valence electrons. The van der Waals surface area contributed by atoms with E-state index in [1.54, 1.807) is 34.9 Å². The quantitative estimate of drug-likeness (QED) is 0.436. The van der Waals surface area contributed by atoms with Crippen molar-refractivity contribution in [2.45, 2.75) is 6.92 Å². The second-order valence-corrected chi connectivity index (χ2v) is 8.95. The molecule has 24 heavy (non-hydrogen) atoms. The van der Waals surface area contributed by atoms with E-state index < -0.39 is 0 Å². The smallest absolute Gasteiger partial charge is 0.197 e. The zero-order valence-electron chi connectivity index (χ0n) is 13.7. The molecule has 0 aliphatic carbocycles. The van der Waals surface area contributed by atoms with Gasteiger partial charge in [-0.2, -0.15) is 23.5 Å². The Morgan fingerprint density at radius 3 is 2.33 bits per heavy atom. The SMILES string of the molecule is Cc1csc2c(=S)cc(N(CCSCCO)CCSCCO)oc12. The number of nitrogens with zero attached hydrogens (tertiary/aromatic N) is 1. The number of hydrogen-bond acceptors (Lipinski definition) is 8. The Morgan fingerprint density at radius 2 is 1.75 bits per heavy atom. The van der Waals surface area contributed by atoms with Crippen LogP contribution in [-0.2, 0) is 0 Å². The largest absolute Gasteiger partial charge is 0.439 e. The molecule has 2 N–H and O–H groups in total. The van der Waals surface area contributed by atoms with Crippen LogP contribution in [0.25, 0.3) is 10.3 Å². The summed E-state index contributed by atoms with van der Waals surface area (Å²) in [6.45, 7) is 4.14. The van der Waals surface area contributed by atoms with Crippen LogP contribution in [0.3, 0.4) is 0 Å². The van der Waals surface area contributed by atoms with Gasteiger partial charge in [0.1, 0.15) is 0 Å². The highest BCUT2D eigenvalue weighted by Gasteiger charge is 2.13. The van der Waals surface area contributed by atoms with Crippen molar-refractivity contribution in [1.82, 2.24) is 0 Å². The Morgan fingerprint density at radius 1 is 1.12 bits per heavy atom. The van der Waals surface area contributed by atoms with Crippen LogP contribution in [0.1, 0.15) is 5.56 Å². The van der Waals surface area contributed by atoms with Crippen molar-refractivity contribution < 1.29 is 14.6 Å². The second-order valence-electron chi connectivity index (χ2n) is 5.18. The summed E-state index contributed by atoms with van der Waals surface area (Å²) in [5.74, 6) is 4.16. The van der Waals surface area contributed by atoms with Gasteiger partial charge in [-0.1, -0.05) is 12.2 Å². The van der Waals surface area contributed by atoms with E-state index in [4.69, 9.17) is 26.8 Å². The molecule has 0 amide bonds. The van der Waals surface area contributed by atoms with Crippen molar-refractivity contribution in [3.63, 3.8) is 0 Å². The van der Waals surface area contributed by atoms with E-state index in [1.807, 2.05) is 13.0 Å². The Bertz CT molecular complexity index is 674. The Balaban J connectivity index is 2.14. The third kappa shape index (κ3) is 5.64. The van der Waals surface area contributed by atoms with Crippen LogP contribution in [0.5, 0.6) is 0 Å². The van der Waals surface area contributed by atoms with Gasteiger partial charge in [0.25, 0.3) is 0 Å². The molecule has 2 heterocycles. The van der Waals surface area contributed by atoms with Crippen molar-refractivity contribution in [2.75, 3.05) is 54.2 Å². The standard InChI is InChI=1S/C16H23NO3S4/c1-12-11-24-16-13(21)10-14(20-15(12)16)17(2-6-22-8-4-18)3-7-23-9-5-19/h10-11,18-19H,2-9H2,1H3. The zero-order chi connectivity index (χ0) is 17.4. The highest BCUT2D eigenvalue weighted by atomic mass is 32.2. The Kier molecular flexibility index (Phi) is 8.93. The first kappa shape index (κ1) is 20.1.